The third-order valence-corrected chi connectivity index (χ3v) is 3.67. The molecule has 2 heterocycles. The van der Waals surface area contributed by atoms with Gasteiger partial charge in [0.1, 0.15) is 12.7 Å². The Kier molecular flexibility index (Phi) is 6.37. The van der Waals surface area contributed by atoms with Gasteiger partial charge in [0.2, 0.25) is 5.91 Å². The number of carbonyl (C=O) groups is 2. The van der Waals surface area contributed by atoms with Crippen molar-refractivity contribution in [3.8, 4) is 0 Å². The molecule has 0 radical (unpaired) electrons. The van der Waals surface area contributed by atoms with Gasteiger partial charge in [-0.15, -0.1) is 0 Å². The highest BCUT2D eigenvalue weighted by atomic mass is 16.6. The highest BCUT2D eigenvalue weighted by Crippen LogP contribution is 2.08. The topological polar surface area (TPSA) is 80.6 Å². The molecular formula is C15H25N5O3. The quantitative estimate of drug-likeness (QED) is 0.807. The predicted molar refractivity (Wildman–Crippen MR) is 83.6 cm³/mol. The summed E-state index contributed by atoms with van der Waals surface area (Å²) in [5.41, 5.74) is 0. The molecule has 23 heavy (non-hydrogen) atoms. The van der Waals surface area contributed by atoms with Gasteiger partial charge in [0.25, 0.3) is 0 Å². The zero-order valence-electron chi connectivity index (χ0n) is 13.8. The fourth-order valence-electron chi connectivity index (χ4n) is 2.40. The molecule has 1 aromatic heterocycles. The monoisotopic (exact) mass is 323 g/mol. The van der Waals surface area contributed by atoms with Gasteiger partial charge in [0.05, 0.1) is 13.2 Å². The van der Waals surface area contributed by atoms with E-state index in [4.69, 9.17) is 4.74 Å². The van der Waals surface area contributed by atoms with E-state index < -0.39 is 0 Å². The van der Waals surface area contributed by atoms with Crippen molar-refractivity contribution in [2.75, 3.05) is 32.8 Å². The first-order valence-electron chi connectivity index (χ1n) is 8.08. The van der Waals surface area contributed by atoms with Crippen LogP contribution in [-0.4, -0.2) is 69.4 Å². The Bertz CT molecular complexity index is 503. The molecule has 8 nitrogen and oxygen atoms in total. The molecule has 0 aliphatic carbocycles. The van der Waals surface area contributed by atoms with Crippen molar-refractivity contribution in [3.63, 3.8) is 0 Å². The minimum atomic E-state index is -0.282. The molecular weight excluding hydrogens is 298 g/mol. The highest BCUT2D eigenvalue weighted by Gasteiger charge is 2.22. The van der Waals surface area contributed by atoms with Gasteiger partial charge in [-0.05, 0) is 12.3 Å². The van der Waals surface area contributed by atoms with E-state index >= 15 is 0 Å². The van der Waals surface area contributed by atoms with Crippen LogP contribution in [0.15, 0.2) is 12.7 Å². The van der Waals surface area contributed by atoms with Crippen LogP contribution in [-0.2, 0) is 16.1 Å². The van der Waals surface area contributed by atoms with Gasteiger partial charge in [0.15, 0.2) is 0 Å². The van der Waals surface area contributed by atoms with Crippen molar-refractivity contribution in [2.24, 2.45) is 5.92 Å². The van der Waals surface area contributed by atoms with E-state index in [1.807, 2.05) is 18.7 Å². The van der Waals surface area contributed by atoms with E-state index in [1.54, 1.807) is 15.9 Å². The Morgan fingerprint density at radius 3 is 2.61 bits per heavy atom. The van der Waals surface area contributed by atoms with Gasteiger partial charge >= 0.3 is 6.09 Å². The van der Waals surface area contributed by atoms with Crippen LogP contribution in [0.1, 0.15) is 26.7 Å². The number of carbonyl (C=O) groups excluding carboxylic acids is 2. The van der Waals surface area contributed by atoms with Crippen molar-refractivity contribution in [1.29, 1.82) is 0 Å². The highest BCUT2D eigenvalue weighted by molar-refractivity contribution is 5.76. The summed E-state index contributed by atoms with van der Waals surface area (Å²) in [7, 11) is 0. The molecule has 0 unspecified atom stereocenters. The summed E-state index contributed by atoms with van der Waals surface area (Å²) >= 11 is 0. The number of nitrogens with zero attached hydrogens (tertiary/aromatic N) is 5. The number of hydrogen-bond donors (Lipinski definition) is 0. The number of rotatable bonds is 5. The molecule has 0 aromatic carbocycles. The van der Waals surface area contributed by atoms with Crippen LogP contribution < -0.4 is 0 Å². The summed E-state index contributed by atoms with van der Waals surface area (Å²) in [4.78, 5) is 31.6. The van der Waals surface area contributed by atoms with Crippen molar-refractivity contribution >= 4 is 12.0 Å². The lowest BCUT2D eigenvalue weighted by Crippen LogP contribution is -2.38. The number of aromatic nitrogens is 3. The molecule has 0 saturated carbocycles. The second-order valence-corrected chi connectivity index (χ2v) is 6.10. The van der Waals surface area contributed by atoms with Crippen LogP contribution in [0.2, 0.25) is 0 Å². The van der Waals surface area contributed by atoms with Crippen molar-refractivity contribution < 1.29 is 14.3 Å². The SMILES string of the molecule is CC(C)COC(=O)N1CCCN(C(=O)CCn2cncn2)CC1. The largest absolute Gasteiger partial charge is 0.449 e. The number of aryl methyl sites for hydroxylation is 1. The van der Waals surface area contributed by atoms with Crippen molar-refractivity contribution in [2.45, 2.75) is 33.2 Å². The summed E-state index contributed by atoms with van der Waals surface area (Å²) in [5.74, 6) is 0.402. The fraction of sp³-hybridized carbons (Fsp3) is 0.733. The van der Waals surface area contributed by atoms with E-state index in [0.29, 0.717) is 51.7 Å². The van der Waals surface area contributed by atoms with Crippen LogP contribution in [0.4, 0.5) is 4.79 Å². The molecule has 0 spiro atoms. The molecule has 2 rings (SSSR count). The van der Waals surface area contributed by atoms with Crippen molar-refractivity contribution in [1.82, 2.24) is 24.6 Å². The van der Waals surface area contributed by atoms with E-state index in [-0.39, 0.29) is 12.0 Å². The van der Waals surface area contributed by atoms with Gasteiger partial charge < -0.3 is 14.5 Å². The smallest absolute Gasteiger partial charge is 0.409 e. The van der Waals surface area contributed by atoms with E-state index in [2.05, 4.69) is 10.1 Å². The molecule has 0 atom stereocenters. The van der Waals surface area contributed by atoms with E-state index in [9.17, 15) is 9.59 Å². The second kappa shape index (κ2) is 8.50. The standard InChI is InChI=1S/C15H25N5O3/c1-13(2)10-23-15(22)19-6-3-5-18(8-9-19)14(21)4-7-20-12-16-11-17-20/h11-13H,3-10H2,1-2H3. The summed E-state index contributed by atoms with van der Waals surface area (Å²) in [6, 6.07) is 0. The molecule has 1 aromatic rings. The Morgan fingerprint density at radius 2 is 1.91 bits per heavy atom. The average molecular weight is 323 g/mol. The normalized spacial score (nSPS) is 15.6. The Hall–Kier alpha value is -2.12. The first-order valence-corrected chi connectivity index (χ1v) is 8.08. The Balaban J connectivity index is 1.76. The molecule has 128 valence electrons. The molecule has 0 bridgehead atoms. The van der Waals surface area contributed by atoms with Crippen LogP contribution in [0.25, 0.3) is 0 Å². The maximum Gasteiger partial charge on any atom is 0.409 e. The average Bonchev–Trinajstić information content (AvgIpc) is 2.92. The number of ether oxygens (including phenoxy) is 1. The number of amides is 2. The van der Waals surface area contributed by atoms with Crippen LogP contribution in [0, 0.1) is 5.92 Å². The molecule has 1 aliphatic heterocycles. The summed E-state index contributed by atoms with van der Waals surface area (Å²) < 4.78 is 6.90. The van der Waals surface area contributed by atoms with Crippen LogP contribution >= 0.6 is 0 Å². The van der Waals surface area contributed by atoms with Crippen LogP contribution in [0.5, 0.6) is 0 Å². The second-order valence-electron chi connectivity index (χ2n) is 6.10. The lowest BCUT2D eigenvalue weighted by atomic mass is 10.2. The lowest BCUT2D eigenvalue weighted by Gasteiger charge is -2.22. The summed E-state index contributed by atoms with van der Waals surface area (Å²) in [6.45, 7) is 7.33. The van der Waals surface area contributed by atoms with Crippen molar-refractivity contribution in [3.05, 3.63) is 12.7 Å². The first-order chi connectivity index (χ1) is 11.1. The first kappa shape index (κ1) is 17.2. The molecule has 0 N–H and O–H groups in total. The predicted octanol–water partition coefficient (Wildman–Crippen LogP) is 0.995. The number of hydrogen-bond acceptors (Lipinski definition) is 5. The molecule has 1 saturated heterocycles. The zero-order valence-corrected chi connectivity index (χ0v) is 13.8. The zero-order chi connectivity index (χ0) is 16.7. The lowest BCUT2D eigenvalue weighted by molar-refractivity contribution is -0.131. The maximum absolute atomic E-state index is 12.3. The Morgan fingerprint density at radius 1 is 1.17 bits per heavy atom. The maximum atomic E-state index is 12.3. The molecule has 8 heteroatoms. The van der Waals surface area contributed by atoms with Gasteiger partial charge in [-0.25, -0.2) is 9.78 Å². The minimum absolute atomic E-state index is 0.0814. The van der Waals surface area contributed by atoms with Crippen LogP contribution in [0.3, 0.4) is 0 Å². The third kappa shape index (κ3) is 5.54. The van der Waals surface area contributed by atoms with Gasteiger partial charge in [-0.1, -0.05) is 13.8 Å². The van der Waals surface area contributed by atoms with Gasteiger partial charge in [-0.3, -0.25) is 9.48 Å². The van der Waals surface area contributed by atoms with Gasteiger partial charge in [-0.2, -0.15) is 5.10 Å². The van der Waals surface area contributed by atoms with E-state index in [1.165, 1.54) is 6.33 Å². The minimum Gasteiger partial charge on any atom is -0.449 e. The molecule has 1 aliphatic rings. The summed E-state index contributed by atoms with van der Waals surface area (Å²) in [6.07, 6.45) is 3.93. The van der Waals surface area contributed by atoms with Gasteiger partial charge in [0, 0.05) is 32.6 Å². The third-order valence-electron chi connectivity index (χ3n) is 3.67. The fourth-order valence-corrected chi connectivity index (χ4v) is 2.40. The molecule has 1 fully saturated rings. The Labute approximate surface area is 136 Å². The molecule has 2 amide bonds. The van der Waals surface area contributed by atoms with E-state index in [0.717, 1.165) is 6.42 Å². The summed E-state index contributed by atoms with van der Waals surface area (Å²) in [5, 5.41) is 3.99.